The zero-order valence-corrected chi connectivity index (χ0v) is 12.4. The van der Waals surface area contributed by atoms with Gasteiger partial charge in [0.15, 0.2) is 5.84 Å². The van der Waals surface area contributed by atoms with E-state index >= 15 is 0 Å². The molecule has 0 saturated carbocycles. The molecular formula is C14H17N3O5. The molecule has 118 valence electrons. The standard InChI is InChI=1S/C14H17N3O5/c1-16-11-4-3-9(17-6-10(7-18)22-14(17)19)5-12(11)21-8-13(16)15-20-2/h3-5,10,18H,6-8H2,1-2H3/t10-/m1/s1. The van der Waals surface area contributed by atoms with Gasteiger partial charge in [-0.05, 0) is 12.1 Å². The molecule has 1 fully saturated rings. The Hall–Kier alpha value is -2.48. The van der Waals surface area contributed by atoms with Crippen LogP contribution in [0.1, 0.15) is 0 Å². The molecular weight excluding hydrogens is 290 g/mol. The maximum Gasteiger partial charge on any atom is 0.414 e. The van der Waals surface area contributed by atoms with Crippen molar-refractivity contribution in [2.75, 3.05) is 43.7 Å². The van der Waals surface area contributed by atoms with Crippen LogP contribution in [-0.4, -0.2) is 57.1 Å². The highest BCUT2D eigenvalue weighted by molar-refractivity contribution is 6.01. The molecule has 2 aliphatic heterocycles. The molecule has 0 aromatic heterocycles. The summed E-state index contributed by atoms with van der Waals surface area (Å²) >= 11 is 0. The lowest BCUT2D eigenvalue weighted by atomic mass is 10.2. The Kier molecular flexibility index (Phi) is 3.76. The zero-order chi connectivity index (χ0) is 15.7. The first-order valence-electron chi connectivity index (χ1n) is 6.83. The van der Waals surface area contributed by atoms with Crippen LogP contribution in [0, 0.1) is 0 Å². The Balaban J connectivity index is 1.87. The van der Waals surface area contributed by atoms with Crippen LogP contribution in [0.4, 0.5) is 16.2 Å². The summed E-state index contributed by atoms with van der Waals surface area (Å²) in [6.07, 6.45) is -0.961. The van der Waals surface area contributed by atoms with E-state index in [4.69, 9.17) is 19.4 Å². The van der Waals surface area contributed by atoms with Crippen molar-refractivity contribution in [3.8, 4) is 5.75 Å². The molecule has 1 saturated heterocycles. The second-order valence-corrected chi connectivity index (χ2v) is 4.99. The number of amidine groups is 1. The summed E-state index contributed by atoms with van der Waals surface area (Å²) < 4.78 is 10.7. The molecule has 1 aromatic rings. The number of ether oxygens (including phenoxy) is 2. The van der Waals surface area contributed by atoms with Crippen molar-refractivity contribution in [1.29, 1.82) is 0 Å². The van der Waals surface area contributed by atoms with Crippen LogP contribution in [-0.2, 0) is 9.57 Å². The van der Waals surface area contributed by atoms with Crippen molar-refractivity contribution in [3.63, 3.8) is 0 Å². The largest absolute Gasteiger partial charge is 0.483 e. The summed E-state index contributed by atoms with van der Waals surface area (Å²) in [7, 11) is 3.35. The van der Waals surface area contributed by atoms with Gasteiger partial charge in [-0.1, -0.05) is 5.16 Å². The molecule has 1 aromatic carbocycles. The summed E-state index contributed by atoms with van der Waals surface area (Å²) in [6.45, 7) is 0.411. The number of carbonyl (C=O) groups is 1. The van der Waals surface area contributed by atoms with Gasteiger partial charge < -0.3 is 24.3 Å². The summed E-state index contributed by atoms with van der Waals surface area (Å²) in [5.41, 5.74) is 1.50. The van der Waals surface area contributed by atoms with Crippen molar-refractivity contribution in [3.05, 3.63) is 18.2 Å². The van der Waals surface area contributed by atoms with Gasteiger partial charge in [0.1, 0.15) is 25.6 Å². The topological polar surface area (TPSA) is 83.8 Å². The number of oxime groups is 1. The minimum Gasteiger partial charge on any atom is -0.483 e. The Morgan fingerprint density at radius 2 is 2.32 bits per heavy atom. The fraction of sp³-hybridized carbons (Fsp3) is 0.429. The minimum atomic E-state index is -0.493. The molecule has 3 rings (SSSR count). The highest BCUT2D eigenvalue weighted by Crippen LogP contribution is 2.36. The third-order valence-corrected chi connectivity index (χ3v) is 3.63. The van der Waals surface area contributed by atoms with Gasteiger partial charge in [-0.2, -0.15) is 0 Å². The zero-order valence-electron chi connectivity index (χ0n) is 12.4. The number of aliphatic hydroxyl groups is 1. The molecule has 1 atom stereocenters. The highest BCUT2D eigenvalue weighted by atomic mass is 16.6. The van der Waals surface area contributed by atoms with Crippen molar-refractivity contribution in [1.82, 2.24) is 0 Å². The number of carbonyl (C=O) groups excluding carboxylic acids is 1. The third-order valence-electron chi connectivity index (χ3n) is 3.63. The van der Waals surface area contributed by atoms with Crippen LogP contribution in [0.5, 0.6) is 5.75 Å². The predicted octanol–water partition coefficient (Wildman–Crippen LogP) is 0.793. The number of aliphatic hydroxyl groups excluding tert-OH is 1. The number of amides is 1. The Bertz CT molecular complexity index is 618. The smallest absolute Gasteiger partial charge is 0.414 e. The Morgan fingerprint density at radius 3 is 3.00 bits per heavy atom. The van der Waals surface area contributed by atoms with E-state index in [0.717, 1.165) is 5.69 Å². The summed E-state index contributed by atoms with van der Waals surface area (Å²) in [5, 5.41) is 13.0. The number of hydrogen-bond donors (Lipinski definition) is 1. The van der Waals surface area contributed by atoms with Crippen LogP contribution in [0.3, 0.4) is 0 Å². The number of benzene rings is 1. The molecule has 1 amide bonds. The normalized spacial score (nSPS) is 22.4. The molecule has 0 bridgehead atoms. The highest BCUT2D eigenvalue weighted by Gasteiger charge is 2.33. The van der Waals surface area contributed by atoms with Gasteiger partial charge in [-0.3, -0.25) is 4.90 Å². The number of nitrogens with zero attached hydrogens (tertiary/aromatic N) is 3. The van der Waals surface area contributed by atoms with Crippen LogP contribution in [0.2, 0.25) is 0 Å². The maximum absolute atomic E-state index is 11.8. The summed E-state index contributed by atoms with van der Waals surface area (Å²) in [4.78, 5) is 19.9. The van der Waals surface area contributed by atoms with Crippen LogP contribution in [0.25, 0.3) is 0 Å². The number of hydrogen-bond acceptors (Lipinski definition) is 6. The predicted molar refractivity (Wildman–Crippen MR) is 79.5 cm³/mol. The van der Waals surface area contributed by atoms with Crippen LogP contribution >= 0.6 is 0 Å². The lowest BCUT2D eigenvalue weighted by molar-refractivity contribution is 0.0963. The maximum atomic E-state index is 11.8. The molecule has 0 aliphatic carbocycles. The fourth-order valence-electron chi connectivity index (χ4n) is 2.46. The molecule has 2 heterocycles. The van der Waals surface area contributed by atoms with Gasteiger partial charge in [0.25, 0.3) is 0 Å². The van der Waals surface area contributed by atoms with Crippen molar-refractivity contribution < 1.29 is 24.2 Å². The van der Waals surface area contributed by atoms with Gasteiger partial charge in [0.05, 0.1) is 24.5 Å². The average molecular weight is 307 g/mol. The van der Waals surface area contributed by atoms with Gasteiger partial charge in [-0.15, -0.1) is 0 Å². The van der Waals surface area contributed by atoms with E-state index in [9.17, 15) is 4.79 Å². The monoisotopic (exact) mass is 307 g/mol. The first-order valence-corrected chi connectivity index (χ1v) is 6.83. The Labute approximate surface area is 127 Å². The summed E-state index contributed by atoms with van der Waals surface area (Å²) in [6, 6.07) is 5.42. The third kappa shape index (κ3) is 2.41. The number of anilines is 2. The fourth-order valence-corrected chi connectivity index (χ4v) is 2.46. The number of cyclic esters (lactones) is 1. The lowest BCUT2D eigenvalue weighted by Crippen LogP contribution is -2.36. The van der Waals surface area contributed by atoms with E-state index in [-0.39, 0.29) is 13.2 Å². The first-order chi connectivity index (χ1) is 10.6. The molecule has 0 spiro atoms. The first kappa shape index (κ1) is 14.5. The molecule has 0 unspecified atom stereocenters. The van der Waals surface area contributed by atoms with Crippen molar-refractivity contribution >= 4 is 23.3 Å². The molecule has 1 N–H and O–H groups in total. The number of likely N-dealkylation sites (N-methyl/N-ethyl adjacent to an activating group) is 1. The van der Waals surface area contributed by atoms with Crippen molar-refractivity contribution in [2.24, 2.45) is 5.16 Å². The van der Waals surface area contributed by atoms with E-state index in [1.807, 2.05) is 18.0 Å². The minimum absolute atomic E-state index is 0.191. The second kappa shape index (κ2) is 5.72. The molecule has 8 heteroatoms. The van der Waals surface area contributed by atoms with Crippen LogP contribution < -0.4 is 14.5 Å². The lowest BCUT2D eigenvalue weighted by Gasteiger charge is -2.29. The summed E-state index contributed by atoms with van der Waals surface area (Å²) in [5.74, 6) is 1.30. The van der Waals surface area contributed by atoms with E-state index < -0.39 is 12.2 Å². The molecule has 2 aliphatic rings. The number of rotatable bonds is 3. The molecule has 22 heavy (non-hydrogen) atoms. The van der Waals surface area contributed by atoms with Crippen LogP contribution in [0.15, 0.2) is 23.4 Å². The van der Waals surface area contributed by atoms with Crippen molar-refractivity contribution in [2.45, 2.75) is 6.10 Å². The van der Waals surface area contributed by atoms with E-state index in [0.29, 0.717) is 23.8 Å². The molecule has 0 radical (unpaired) electrons. The van der Waals surface area contributed by atoms with E-state index in [2.05, 4.69) is 5.16 Å². The second-order valence-electron chi connectivity index (χ2n) is 4.99. The van der Waals surface area contributed by atoms with Gasteiger partial charge in [0, 0.05) is 13.1 Å². The molecule has 8 nitrogen and oxygen atoms in total. The average Bonchev–Trinajstić information content (AvgIpc) is 2.91. The SMILES string of the molecule is CON=C1COc2cc(N3C[C@H](CO)OC3=O)ccc2N1C. The quantitative estimate of drug-likeness (QED) is 0.831. The number of fused-ring (bicyclic) bond motifs is 1. The van der Waals surface area contributed by atoms with Gasteiger partial charge in [0.2, 0.25) is 0 Å². The van der Waals surface area contributed by atoms with Gasteiger partial charge in [-0.25, -0.2) is 4.79 Å². The van der Waals surface area contributed by atoms with E-state index in [1.54, 1.807) is 12.1 Å². The van der Waals surface area contributed by atoms with Gasteiger partial charge >= 0.3 is 6.09 Å². The van der Waals surface area contributed by atoms with E-state index in [1.165, 1.54) is 12.0 Å². The Morgan fingerprint density at radius 1 is 1.50 bits per heavy atom.